The molecule has 1 atom stereocenters. The van der Waals surface area contributed by atoms with Crippen LogP contribution in [0.3, 0.4) is 0 Å². The number of nitrogens with zero attached hydrogens (tertiary/aromatic N) is 2. The Hall–Kier alpha value is -3.45. The smallest absolute Gasteiger partial charge is 0.277 e. The van der Waals surface area contributed by atoms with Crippen LogP contribution >= 0.6 is 0 Å². The van der Waals surface area contributed by atoms with Gasteiger partial charge in [-0.2, -0.15) is 5.10 Å². The van der Waals surface area contributed by atoms with Crippen LogP contribution in [-0.4, -0.2) is 35.1 Å². The molecule has 1 aliphatic rings. The molecule has 7 nitrogen and oxygen atoms in total. The Morgan fingerprint density at radius 3 is 2.33 bits per heavy atom. The molecule has 1 aliphatic heterocycles. The Bertz CT molecular complexity index is 1120. The van der Waals surface area contributed by atoms with E-state index in [4.69, 9.17) is 11.5 Å². The minimum atomic E-state index is -0.408. The second-order valence-electron chi connectivity index (χ2n) is 9.87. The highest BCUT2D eigenvalue weighted by Gasteiger charge is 2.32. The zero-order chi connectivity index (χ0) is 28.6. The van der Waals surface area contributed by atoms with Crippen LogP contribution in [0.5, 0.6) is 0 Å². The number of hydrazone groups is 1. The molecule has 0 fully saturated rings. The third-order valence-electron chi connectivity index (χ3n) is 7.00. The van der Waals surface area contributed by atoms with Crippen molar-refractivity contribution in [1.82, 2.24) is 5.01 Å². The summed E-state index contributed by atoms with van der Waals surface area (Å²) in [6, 6.07) is 15.5. The molecular formula is C32H47N5O2. The molecule has 1 unspecified atom stereocenters. The van der Waals surface area contributed by atoms with Gasteiger partial charge in [-0.05, 0) is 75.3 Å². The maximum Gasteiger partial charge on any atom is 0.277 e. The van der Waals surface area contributed by atoms with E-state index < -0.39 is 5.91 Å². The third-order valence-corrected chi connectivity index (χ3v) is 7.00. The number of carbonyl (C=O) groups excluding carboxylic acids is 2. The van der Waals surface area contributed by atoms with Crippen molar-refractivity contribution < 1.29 is 9.59 Å². The number of benzene rings is 2. The third kappa shape index (κ3) is 9.66. The summed E-state index contributed by atoms with van der Waals surface area (Å²) in [5, 5.41) is 9.48. The summed E-state index contributed by atoms with van der Waals surface area (Å²) in [5.41, 5.74) is 15.8. The van der Waals surface area contributed by atoms with Crippen LogP contribution < -0.4 is 16.8 Å². The highest BCUT2D eigenvalue weighted by molar-refractivity contribution is 6.24. The number of anilines is 1. The van der Waals surface area contributed by atoms with Gasteiger partial charge in [0, 0.05) is 17.5 Å². The quantitative estimate of drug-likeness (QED) is 0.198. The van der Waals surface area contributed by atoms with Crippen LogP contribution in [0.15, 0.2) is 65.4 Å². The van der Waals surface area contributed by atoms with E-state index in [2.05, 4.69) is 37.3 Å². The van der Waals surface area contributed by atoms with Gasteiger partial charge in [-0.25, -0.2) is 5.01 Å². The Labute approximate surface area is 234 Å². The van der Waals surface area contributed by atoms with Crippen molar-refractivity contribution in [3.05, 3.63) is 77.0 Å². The van der Waals surface area contributed by atoms with Crippen LogP contribution in [0.1, 0.15) is 94.1 Å². The Balaban J connectivity index is 0.000000673. The highest BCUT2D eigenvalue weighted by Crippen LogP contribution is 2.24. The van der Waals surface area contributed by atoms with Gasteiger partial charge in [-0.3, -0.25) is 9.59 Å². The highest BCUT2D eigenvalue weighted by atomic mass is 16.2. The SMILES string of the molecule is CCCCCCN.CCc1ccccc1NC=C1C(=O)N(C(CC)CCCc2ccccc2C(N)=O)N=C1C. The molecule has 0 aliphatic carbocycles. The number of hydrogen-bond acceptors (Lipinski definition) is 5. The lowest BCUT2D eigenvalue weighted by molar-refractivity contribution is -0.128. The molecule has 2 aromatic carbocycles. The molecule has 0 saturated carbocycles. The zero-order valence-corrected chi connectivity index (χ0v) is 24.2. The topological polar surface area (TPSA) is 114 Å². The van der Waals surface area contributed by atoms with E-state index >= 15 is 0 Å². The monoisotopic (exact) mass is 533 g/mol. The number of aryl methyl sites for hydroxylation is 2. The van der Waals surface area contributed by atoms with E-state index in [9.17, 15) is 9.59 Å². The van der Waals surface area contributed by atoms with Crippen molar-refractivity contribution in [1.29, 1.82) is 0 Å². The maximum atomic E-state index is 13.1. The number of nitrogens with two attached hydrogens (primary N) is 2. The van der Waals surface area contributed by atoms with Gasteiger partial charge in [-0.1, -0.05) is 76.4 Å². The number of para-hydroxylation sites is 1. The Kier molecular flexibility index (Phi) is 14.0. The molecular weight excluding hydrogens is 486 g/mol. The van der Waals surface area contributed by atoms with Gasteiger partial charge in [0.05, 0.1) is 17.3 Å². The minimum Gasteiger partial charge on any atom is -0.366 e. The largest absolute Gasteiger partial charge is 0.366 e. The summed E-state index contributed by atoms with van der Waals surface area (Å²) < 4.78 is 0. The maximum absolute atomic E-state index is 13.1. The number of unbranched alkanes of at least 4 members (excludes halogenated alkanes) is 3. The fourth-order valence-electron chi connectivity index (χ4n) is 4.65. The summed E-state index contributed by atoms with van der Waals surface area (Å²) in [6.07, 6.45) is 11.0. The second-order valence-corrected chi connectivity index (χ2v) is 9.87. The van der Waals surface area contributed by atoms with Crippen molar-refractivity contribution >= 4 is 23.2 Å². The van der Waals surface area contributed by atoms with Crippen LogP contribution in [0, 0.1) is 0 Å². The first-order chi connectivity index (χ1) is 18.9. The van der Waals surface area contributed by atoms with E-state index in [1.807, 2.05) is 43.3 Å². The molecule has 0 saturated heterocycles. The van der Waals surface area contributed by atoms with Crippen LogP contribution in [0.4, 0.5) is 5.69 Å². The lowest BCUT2D eigenvalue weighted by atomic mass is 9.98. The van der Waals surface area contributed by atoms with Gasteiger partial charge >= 0.3 is 0 Å². The first-order valence-electron chi connectivity index (χ1n) is 14.4. The number of primary amides is 1. The van der Waals surface area contributed by atoms with Crippen LogP contribution in [0.2, 0.25) is 0 Å². The standard InChI is InChI=1S/C26H32N4O2.C6H15N/c1-4-19-11-7-9-16-24(19)28-17-23-18(3)29-30(26(23)32)21(5-2)14-10-13-20-12-6-8-15-22(20)25(27)31;1-2-3-4-5-6-7/h6-9,11-12,15-17,21,28H,4-5,10,13-14H2,1-3H3,(H2,27,31);2-7H2,1H3. The van der Waals surface area contributed by atoms with E-state index in [0.29, 0.717) is 16.8 Å². The summed E-state index contributed by atoms with van der Waals surface area (Å²) in [5.74, 6) is -0.483. The number of amides is 2. The molecule has 1 heterocycles. The molecule has 212 valence electrons. The molecule has 3 rings (SSSR count). The normalized spacial score (nSPS) is 14.6. The summed E-state index contributed by atoms with van der Waals surface area (Å²) in [4.78, 5) is 24.8. The molecule has 0 spiro atoms. The minimum absolute atomic E-state index is 0.00650. The van der Waals surface area contributed by atoms with E-state index in [0.717, 1.165) is 49.9 Å². The second kappa shape index (κ2) is 17.2. The van der Waals surface area contributed by atoms with Crippen molar-refractivity contribution in [3.8, 4) is 0 Å². The van der Waals surface area contributed by atoms with Gasteiger partial charge in [-0.15, -0.1) is 0 Å². The van der Waals surface area contributed by atoms with E-state index in [1.54, 1.807) is 17.3 Å². The first kappa shape index (κ1) is 31.8. The van der Waals surface area contributed by atoms with Crippen molar-refractivity contribution in [2.75, 3.05) is 11.9 Å². The molecule has 2 aromatic rings. The van der Waals surface area contributed by atoms with E-state index in [-0.39, 0.29) is 11.9 Å². The van der Waals surface area contributed by atoms with Crippen molar-refractivity contribution in [2.45, 2.75) is 91.5 Å². The van der Waals surface area contributed by atoms with Crippen molar-refractivity contribution in [3.63, 3.8) is 0 Å². The Morgan fingerprint density at radius 2 is 1.69 bits per heavy atom. The first-order valence-corrected chi connectivity index (χ1v) is 14.4. The average Bonchev–Trinajstić information content (AvgIpc) is 3.23. The molecule has 7 heteroatoms. The van der Waals surface area contributed by atoms with E-state index in [1.165, 1.54) is 31.2 Å². The molecule has 0 radical (unpaired) electrons. The van der Waals surface area contributed by atoms with Gasteiger partial charge in [0.15, 0.2) is 0 Å². The molecule has 39 heavy (non-hydrogen) atoms. The van der Waals surface area contributed by atoms with Gasteiger partial charge in [0.25, 0.3) is 5.91 Å². The number of rotatable bonds is 14. The summed E-state index contributed by atoms with van der Waals surface area (Å²) in [6.45, 7) is 9.11. The predicted molar refractivity (Wildman–Crippen MR) is 163 cm³/mol. The number of hydrogen-bond donors (Lipinski definition) is 3. The molecule has 5 N–H and O–H groups in total. The van der Waals surface area contributed by atoms with Gasteiger partial charge < -0.3 is 16.8 Å². The predicted octanol–water partition coefficient (Wildman–Crippen LogP) is 6.19. The average molecular weight is 534 g/mol. The molecule has 2 amide bonds. The lowest BCUT2D eigenvalue weighted by Gasteiger charge is -2.23. The molecule has 0 aromatic heterocycles. The molecule has 0 bridgehead atoms. The zero-order valence-electron chi connectivity index (χ0n) is 24.2. The van der Waals surface area contributed by atoms with Crippen molar-refractivity contribution in [2.24, 2.45) is 16.6 Å². The fraction of sp³-hybridized carbons (Fsp3) is 0.469. The number of carbonyl (C=O) groups is 2. The number of nitrogens with one attached hydrogen (secondary N) is 1. The summed E-state index contributed by atoms with van der Waals surface area (Å²) in [7, 11) is 0. The fourth-order valence-corrected chi connectivity index (χ4v) is 4.65. The van der Waals surface area contributed by atoms with Gasteiger partial charge in [0.1, 0.15) is 0 Å². The van der Waals surface area contributed by atoms with Crippen LogP contribution in [0.25, 0.3) is 0 Å². The van der Waals surface area contributed by atoms with Gasteiger partial charge in [0.2, 0.25) is 5.91 Å². The Morgan fingerprint density at radius 1 is 1.00 bits per heavy atom. The summed E-state index contributed by atoms with van der Waals surface area (Å²) >= 11 is 0. The lowest BCUT2D eigenvalue weighted by Crippen LogP contribution is -2.33. The van der Waals surface area contributed by atoms with Crippen LogP contribution in [-0.2, 0) is 17.6 Å².